The third-order valence-electron chi connectivity index (χ3n) is 6.19. The number of carboxylic acids is 1. The van der Waals surface area contributed by atoms with Crippen molar-refractivity contribution in [1.82, 2.24) is 9.80 Å². The average Bonchev–Trinajstić information content (AvgIpc) is 3.38. The molecule has 136 valence electrons. The minimum Gasteiger partial charge on any atom is -0.481 e. The highest BCUT2D eigenvalue weighted by molar-refractivity contribution is 5.76. The number of hydrogen-bond acceptors (Lipinski definition) is 4. The van der Waals surface area contributed by atoms with Crippen molar-refractivity contribution in [3.8, 4) is 0 Å². The number of hydrogen-bond donors (Lipinski definition) is 2. The van der Waals surface area contributed by atoms with Crippen molar-refractivity contribution in [1.29, 1.82) is 0 Å². The molecule has 3 rings (SSSR count). The number of carbonyl (C=O) groups excluding carboxylic acids is 1. The van der Waals surface area contributed by atoms with Crippen molar-refractivity contribution >= 4 is 11.9 Å². The van der Waals surface area contributed by atoms with Crippen LogP contribution in [0.5, 0.6) is 0 Å². The topological polar surface area (TPSA) is 81.1 Å². The van der Waals surface area contributed by atoms with E-state index in [0.29, 0.717) is 25.2 Å². The lowest BCUT2D eigenvalue weighted by Gasteiger charge is -2.46. The smallest absolute Gasteiger partial charge is 0.306 e. The van der Waals surface area contributed by atoms with Gasteiger partial charge in [0.2, 0.25) is 5.91 Å². The fourth-order valence-electron chi connectivity index (χ4n) is 4.33. The molecule has 0 aromatic heterocycles. The van der Waals surface area contributed by atoms with Crippen molar-refractivity contribution in [2.75, 3.05) is 20.1 Å². The van der Waals surface area contributed by atoms with Crippen LogP contribution in [-0.4, -0.2) is 70.2 Å². The van der Waals surface area contributed by atoms with Gasteiger partial charge in [0, 0.05) is 19.5 Å². The third-order valence-corrected chi connectivity index (χ3v) is 6.19. The highest BCUT2D eigenvalue weighted by Gasteiger charge is 2.40. The van der Waals surface area contributed by atoms with E-state index in [0.717, 1.165) is 45.2 Å². The van der Waals surface area contributed by atoms with E-state index < -0.39 is 12.1 Å². The minimum atomic E-state index is -0.706. The molecule has 6 nitrogen and oxygen atoms in total. The van der Waals surface area contributed by atoms with Crippen LogP contribution in [0.25, 0.3) is 0 Å². The van der Waals surface area contributed by atoms with Gasteiger partial charge < -0.3 is 15.1 Å². The van der Waals surface area contributed by atoms with Crippen molar-refractivity contribution < 1.29 is 19.8 Å². The first kappa shape index (κ1) is 17.7. The summed E-state index contributed by atoms with van der Waals surface area (Å²) in [6, 6.07) is -0.0538. The van der Waals surface area contributed by atoms with E-state index >= 15 is 0 Å². The van der Waals surface area contributed by atoms with Crippen LogP contribution in [-0.2, 0) is 9.59 Å². The number of likely N-dealkylation sites (N-methyl/N-ethyl adjacent to an activating group) is 1. The second-order valence-corrected chi connectivity index (χ2v) is 7.86. The zero-order valence-corrected chi connectivity index (χ0v) is 14.6. The molecular formula is C18H30N2O4. The van der Waals surface area contributed by atoms with Crippen LogP contribution in [0.1, 0.15) is 51.4 Å². The summed E-state index contributed by atoms with van der Waals surface area (Å²) in [4.78, 5) is 27.5. The molecule has 1 aliphatic heterocycles. The lowest BCUT2D eigenvalue weighted by Crippen LogP contribution is -2.58. The molecule has 0 spiro atoms. The Kier molecular flexibility index (Phi) is 5.45. The zero-order valence-electron chi connectivity index (χ0n) is 14.6. The first-order chi connectivity index (χ1) is 11.5. The molecule has 0 bridgehead atoms. The van der Waals surface area contributed by atoms with Crippen LogP contribution in [0, 0.1) is 11.8 Å². The summed E-state index contributed by atoms with van der Waals surface area (Å²) in [6.45, 7) is 1.45. The molecule has 0 aromatic rings. The van der Waals surface area contributed by atoms with Gasteiger partial charge in [-0.15, -0.1) is 0 Å². The summed E-state index contributed by atoms with van der Waals surface area (Å²) in [5.41, 5.74) is 0. The number of rotatable bonds is 5. The second kappa shape index (κ2) is 7.40. The minimum absolute atomic E-state index is 0.0506. The maximum atomic E-state index is 12.4. The van der Waals surface area contributed by atoms with E-state index in [4.69, 9.17) is 5.11 Å². The molecule has 24 heavy (non-hydrogen) atoms. The first-order valence-corrected chi connectivity index (χ1v) is 9.38. The predicted octanol–water partition coefficient (Wildman–Crippen LogP) is 1.32. The molecule has 2 N–H and O–H groups in total. The Morgan fingerprint density at radius 1 is 1.08 bits per heavy atom. The molecule has 3 fully saturated rings. The Labute approximate surface area is 143 Å². The molecule has 1 heterocycles. The molecule has 6 heteroatoms. The number of aliphatic hydroxyl groups is 1. The van der Waals surface area contributed by atoms with E-state index in [1.807, 2.05) is 7.05 Å². The second-order valence-electron chi connectivity index (χ2n) is 7.86. The molecule has 1 amide bonds. The van der Waals surface area contributed by atoms with Crippen molar-refractivity contribution in [3.05, 3.63) is 0 Å². The summed E-state index contributed by atoms with van der Waals surface area (Å²) < 4.78 is 0. The standard InChI is InChI=1S/C18H30N2O4/c1-19(16(21)11-12-5-6-12)14-3-2-4-15(17(14)22)20-9-7-13(8-10-20)18(23)24/h12-15,17,22H,2-11H2,1H3,(H,23,24)/t14-,15+,17+/m1/s1. The number of carbonyl (C=O) groups is 2. The Bertz CT molecular complexity index is 472. The van der Waals surface area contributed by atoms with E-state index in [1.165, 1.54) is 0 Å². The van der Waals surface area contributed by atoms with Crippen molar-refractivity contribution in [2.45, 2.75) is 69.6 Å². The predicted molar refractivity (Wildman–Crippen MR) is 89.5 cm³/mol. The Hall–Kier alpha value is -1.14. The highest BCUT2D eigenvalue weighted by atomic mass is 16.4. The fraction of sp³-hybridized carbons (Fsp3) is 0.889. The normalized spacial score (nSPS) is 32.5. The largest absolute Gasteiger partial charge is 0.481 e. The van der Waals surface area contributed by atoms with Crippen LogP contribution >= 0.6 is 0 Å². The Balaban J connectivity index is 1.57. The average molecular weight is 338 g/mol. The number of piperidine rings is 1. The lowest BCUT2D eigenvalue weighted by molar-refractivity contribution is -0.145. The molecule has 3 atom stereocenters. The molecule has 0 aromatic carbocycles. The highest BCUT2D eigenvalue weighted by Crippen LogP contribution is 2.34. The number of likely N-dealkylation sites (tertiary alicyclic amines) is 1. The maximum Gasteiger partial charge on any atom is 0.306 e. The zero-order chi connectivity index (χ0) is 17.3. The molecule has 3 aliphatic rings. The van der Waals surface area contributed by atoms with E-state index in [-0.39, 0.29) is 23.9 Å². The molecular weight excluding hydrogens is 308 g/mol. The number of carboxylic acid groups (broad SMARTS) is 1. The summed E-state index contributed by atoms with van der Waals surface area (Å²) in [6.07, 6.45) is 6.51. The van der Waals surface area contributed by atoms with E-state index in [1.54, 1.807) is 4.90 Å². The lowest BCUT2D eigenvalue weighted by atomic mass is 9.84. The van der Waals surface area contributed by atoms with Crippen LogP contribution in [0.3, 0.4) is 0 Å². The van der Waals surface area contributed by atoms with Crippen LogP contribution in [0.4, 0.5) is 0 Å². The molecule has 0 radical (unpaired) electrons. The van der Waals surface area contributed by atoms with Gasteiger partial charge in [0.1, 0.15) is 0 Å². The van der Waals surface area contributed by atoms with Crippen molar-refractivity contribution in [2.24, 2.45) is 11.8 Å². The quantitative estimate of drug-likeness (QED) is 0.790. The van der Waals surface area contributed by atoms with Gasteiger partial charge in [0.05, 0.1) is 18.1 Å². The van der Waals surface area contributed by atoms with Gasteiger partial charge in [-0.1, -0.05) is 0 Å². The van der Waals surface area contributed by atoms with E-state index in [9.17, 15) is 14.7 Å². The molecule has 1 saturated heterocycles. The molecule has 2 aliphatic carbocycles. The van der Waals surface area contributed by atoms with Crippen LogP contribution < -0.4 is 0 Å². The summed E-state index contributed by atoms with van der Waals surface area (Å²) >= 11 is 0. The first-order valence-electron chi connectivity index (χ1n) is 9.38. The summed E-state index contributed by atoms with van der Waals surface area (Å²) in [5.74, 6) is -0.235. The van der Waals surface area contributed by atoms with Gasteiger partial charge in [-0.3, -0.25) is 14.5 Å². The van der Waals surface area contributed by atoms with Gasteiger partial charge in [0.15, 0.2) is 0 Å². The number of aliphatic carboxylic acids is 1. The van der Waals surface area contributed by atoms with Gasteiger partial charge in [-0.05, 0) is 64.0 Å². The number of nitrogens with zero attached hydrogens (tertiary/aromatic N) is 2. The van der Waals surface area contributed by atoms with Gasteiger partial charge in [0.25, 0.3) is 0 Å². The fourth-order valence-corrected chi connectivity index (χ4v) is 4.33. The maximum absolute atomic E-state index is 12.4. The number of amides is 1. The SMILES string of the molecule is CN(C(=O)CC1CC1)[C@@H]1CCC[C@H](N2CCC(C(=O)O)CC2)[C@H]1O. The van der Waals surface area contributed by atoms with Crippen molar-refractivity contribution in [3.63, 3.8) is 0 Å². The number of aliphatic hydroxyl groups excluding tert-OH is 1. The monoisotopic (exact) mass is 338 g/mol. The summed E-state index contributed by atoms with van der Waals surface area (Å²) in [7, 11) is 1.83. The Morgan fingerprint density at radius 2 is 1.75 bits per heavy atom. The molecule has 0 unspecified atom stereocenters. The molecule has 2 saturated carbocycles. The van der Waals surface area contributed by atoms with Crippen LogP contribution in [0.15, 0.2) is 0 Å². The summed E-state index contributed by atoms with van der Waals surface area (Å²) in [5, 5.41) is 20.0. The third kappa shape index (κ3) is 3.91. The van der Waals surface area contributed by atoms with Gasteiger partial charge >= 0.3 is 5.97 Å². The van der Waals surface area contributed by atoms with Gasteiger partial charge in [-0.2, -0.15) is 0 Å². The van der Waals surface area contributed by atoms with Gasteiger partial charge in [-0.25, -0.2) is 0 Å². The Morgan fingerprint density at radius 3 is 2.33 bits per heavy atom. The van der Waals surface area contributed by atoms with E-state index in [2.05, 4.69) is 4.90 Å². The van der Waals surface area contributed by atoms with Crippen LogP contribution in [0.2, 0.25) is 0 Å².